The van der Waals surface area contributed by atoms with Crippen molar-refractivity contribution in [3.63, 3.8) is 0 Å². The van der Waals surface area contributed by atoms with E-state index in [1.165, 1.54) is 22.6 Å². The predicted octanol–water partition coefficient (Wildman–Crippen LogP) is 5.24. The molecule has 2 aromatic heterocycles. The van der Waals surface area contributed by atoms with Crippen molar-refractivity contribution in [3.8, 4) is 5.69 Å². The fraction of sp³-hybridized carbons (Fsp3) is 0.360. The van der Waals surface area contributed by atoms with E-state index in [1.54, 1.807) is 34.8 Å². The van der Waals surface area contributed by atoms with Crippen LogP contribution >= 0.6 is 11.3 Å². The molecule has 1 aliphatic heterocycles. The third-order valence-corrected chi connectivity index (χ3v) is 9.93. The molecular weight excluding hydrogens is 542 g/mol. The highest BCUT2D eigenvalue weighted by Crippen LogP contribution is 2.35. The molecule has 0 saturated carbocycles. The van der Waals surface area contributed by atoms with Crippen LogP contribution in [0, 0.1) is 19.7 Å². The van der Waals surface area contributed by atoms with E-state index in [4.69, 9.17) is 0 Å². The molecule has 202 valence electrons. The molecule has 0 aliphatic carbocycles. The van der Waals surface area contributed by atoms with Gasteiger partial charge in [0, 0.05) is 37.6 Å². The second-order valence-corrected chi connectivity index (χ2v) is 12.7. The van der Waals surface area contributed by atoms with Gasteiger partial charge in [-0.3, -0.25) is 4.90 Å². The molecular formula is C25H25F4N5O2S2. The van der Waals surface area contributed by atoms with Crippen molar-refractivity contribution < 1.29 is 26.0 Å². The normalized spacial score (nSPS) is 17.9. The number of alkyl halides is 3. The van der Waals surface area contributed by atoms with Crippen LogP contribution < -0.4 is 0 Å². The van der Waals surface area contributed by atoms with Crippen LogP contribution in [0.25, 0.3) is 16.6 Å². The lowest BCUT2D eigenvalue weighted by atomic mass is 9.96. The third kappa shape index (κ3) is 5.33. The van der Waals surface area contributed by atoms with Crippen molar-refractivity contribution in [3.05, 3.63) is 70.7 Å². The summed E-state index contributed by atoms with van der Waals surface area (Å²) in [5.74, 6) is -0.368. The van der Waals surface area contributed by atoms with Crippen LogP contribution in [0.1, 0.15) is 28.6 Å². The van der Waals surface area contributed by atoms with Gasteiger partial charge in [0.2, 0.25) is 0 Å². The van der Waals surface area contributed by atoms with Gasteiger partial charge in [0.25, 0.3) is 10.0 Å². The Hall–Kier alpha value is -2.87. The summed E-state index contributed by atoms with van der Waals surface area (Å²) in [4.78, 5) is 5.76. The first-order valence-electron chi connectivity index (χ1n) is 11.9. The molecule has 0 unspecified atom stereocenters. The van der Waals surface area contributed by atoms with Gasteiger partial charge in [0.1, 0.15) is 5.82 Å². The fourth-order valence-corrected chi connectivity index (χ4v) is 7.48. The van der Waals surface area contributed by atoms with E-state index in [1.807, 2.05) is 19.1 Å². The maximum absolute atomic E-state index is 13.4. The summed E-state index contributed by atoms with van der Waals surface area (Å²) in [7, 11) is -3.85. The molecule has 1 atom stereocenters. The molecule has 1 saturated heterocycles. The number of thiazole rings is 1. The molecule has 5 rings (SSSR count). The van der Waals surface area contributed by atoms with Crippen molar-refractivity contribution in [2.24, 2.45) is 0 Å². The second kappa shape index (κ2) is 10.0. The summed E-state index contributed by atoms with van der Waals surface area (Å²) < 4.78 is 82.6. The van der Waals surface area contributed by atoms with E-state index in [-0.39, 0.29) is 36.2 Å². The zero-order valence-corrected chi connectivity index (χ0v) is 22.2. The Morgan fingerprint density at radius 3 is 2.47 bits per heavy atom. The second-order valence-electron chi connectivity index (χ2n) is 9.28. The lowest BCUT2D eigenvalue weighted by molar-refractivity contribution is -0.140. The highest BCUT2D eigenvalue weighted by Gasteiger charge is 2.38. The monoisotopic (exact) mass is 567 g/mol. The molecule has 0 amide bonds. The van der Waals surface area contributed by atoms with Gasteiger partial charge < -0.3 is 0 Å². The summed E-state index contributed by atoms with van der Waals surface area (Å²) in [6.07, 6.45) is -2.36. The van der Waals surface area contributed by atoms with Gasteiger partial charge in [0.05, 0.1) is 35.0 Å². The van der Waals surface area contributed by atoms with Gasteiger partial charge in [-0.05, 0) is 61.4 Å². The number of hydrogen-bond donors (Lipinski definition) is 0. The number of sulfonamides is 1. The number of aryl methyl sites for hydroxylation is 2. The average Bonchev–Trinajstić information content (AvgIpc) is 3.48. The van der Waals surface area contributed by atoms with Gasteiger partial charge in [-0.2, -0.15) is 22.6 Å². The van der Waals surface area contributed by atoms with Crippen molar-refractivity contribution in [1.82, 2.24) is 24.0 Å². The lowest BCUT2D eigenvalue weighted by Crippen LogP contribution is -2.51. The minimum absolute atomic E-state index is 0.00951. The molecule has 0 bridgehead atoms. The zero-order chi connectivity index (χ0) is 27.2. The minimum atomic E-state index is -4.33. The molecule has 0 N–H and O–H groups in total. The van der Waals surface area contributed by atoms with Gasteiger partial charge in [-0.1, -0.05) is 0 Å². The van der Waals surface area contributed by atoms with Crippen molar-refractivity contribution in [2.75, 3.05) is 26.2 Å². The smallest absolute Gasteiger partial charge is 0.293 e. The maximum Gasteiger partial charge on any atom is 0.390 e. The standard InChI is InChI=1S/C25H25F4N5O2S2/c1-16-11-22-18(13-31-34(22)20-5-3-19(26)4-6-20)12-21(16)23-15-33(10-9-32(23)8-7-25(27,28)29)38(35,36)24-14-30-17(2)37-24/h3-6,11-14,23H,7-10,15H2,1-2H3/t23-/m0/s1. The predicted molar refractivity (Wildman–Crippen MR) is 136 cm³/mol. The zero-order valence-electron chi connectivity index (χ0n) is 20.6. The highest BCUT2D eigenvalue weighted by molar-refractivity contribution is 7.91. The first kappa shape index (κ1) is 26.7. The van der Waals surface area contributed by atoms with Crippen LogP contribution in [0.3, 0.4) is 0 Å². The number of piperazine rings is 1. The van der Waals surface area contributed by atoms with E-state index < -0.39 is 28.7 Å². The molecule has 2 aromatic carbocycles. The van der Waals surface area contributed by atoms with Crippen LogP contribution in [-0.4, -0.2) is 64.7 Å². The molecule has 0 radical (unpaired) electrons. The number of nitrogens with zero attached hydrogens (tertiary/aromatic N) is 5. The molecule has 1 fully saturated rings. The molecule has 4 aromatic rings. The summed E-state index contributed by atoms with van der Waals surface area (Å²) in [5, 5.41) is 5.78. The Morgan fingerprint density at radius 1 is 1.08 bits per heavy atom. The van der Waals surface area contributed by atoms with Crippen LogP contribution in [0.2, 0.25) is 0 Å². The molecule has 3 heterocycles. The SMILES string of the molecule is Cc1ncc(S(=O)(=O)N2CCN(CCC(F)(F)F)[C@H](c3cc4cnn(-c5ccc(F)cc5)c4cc3C)C2)s1. The Kier molecular flexibility index (Phi) is 7.05. The quantitative estimate of drug-likeness (QED) is 0.298. The van der Waals surface area contributed by atoms with Gasteiger partial charge in [0.15, 0.2) is 4.21 Å². The van der Waals surface area contributed by atoms with Crippen LogP contribution in [0.4, 0.5) is 17.6 Å². The van der Waals surface area contributed by atoms with E-state index >= 15 is 0 Å². The maximum atomic E-state index is 13.4. The number of benzene rings is 2. The number of fused-ring (bicyclic) bond motifs is 1. The number of halogens is 4. The Balaban J connectivity index is 1.52. The molecule has 1 aliphatic rings. The first-order chi connectivity index (χ1) is 17.9. The van der Waals surface area contributed by atoms with Crippen molar-refractivity contribution in [1.29, 1.82) is 0 Å². The van der Waals surface area contributed by atoms with Gasteiger partial charge >= 0.3 is 6.18 Å². The largest absolute Gasteiger partial charge is 0.390 e. The van der Waals surface area contributed by atoms with E-state index in [9.17, 15) is 26.0 Å². The fourth-order valence-electron chi connectivity index (χ4n) is 4.78. The number of aromatic nitrogens is 3. The lowest BCUT2D eigenvalue weighted by Gasteiger charge is -2.41. The Morgan fingerprint density at radius 2 is 1.82 bits per heavy atom. The van der Waals surface area contributed by atoms with E-state index in [2.05, 4.69) is 10.1 Å². The number of hydrogen-bond acceptors (Lipinski definition) is 6. The topological polar surface area (TPSA) is 71.3 Å². The van der Waals surface area contributed by atoms with Crippen LogP contribution in [0.5, 0.6) is 0 Å². The van der Waals surface area contributed by atoms with E-state index in [0.717, 1.165) is 33.4 Å². The van der Waals surface area contributed by atoms with Gasteiger partial charge in [-0.15, -0.1) is 11.3 Å². The highest BCUT2D eigenvalue weighted by atomic mass is 32.2. The third-order valence-electron chi connectivity index (χ3n) is 6.72. The van der Waals surface area contributed by atoms with E-state index in [0.29, 0.717) is 10.7 Å². The minimum Gasteiger partial charge on any atom is -0.293 e. The summed E-state index contributed by atoms with van der Waals surface area (Å²) in [5.41, 5.74) is 2.94. The van der Waals surface area contributed by atoms with Crippen molar-refractivity contribution >= 4 is 32.3 Å². The average molecular weight is 568 g/mol. The molecule has 0 spiro atoms. The molecule has 13 heteroatoms. The van der Waals surface area contributed by atoms with Crippen molar-refractivity contribution in [2.45, 2.75) is 36.7 Å². The Labute approximate surface area is 221 Å². The first-order valence-corrected chi connectivity index (χ1v) is 14.2. The summed E-state index contributed by atoms with van der Waals surface area (Å²) >= 11 is 1.07. The molecule has 7 nitrogen and oxygen atoms in total. The summed E-state index contributed by atoms with van der Waals surface area (Å²) in [6, 6.07) is 9.03. The number of rotatable bonds is 6. The molecule has 38 heavy (non-hydrogen) atoms. The van der Waals surface area contributed by atoms with Gasteiger partial charge in [-0.25, -0.2) is 22.5 Å². The van der Waals surface area contributed by atoms with Crippen LogP contribution in [-0.2, 0) is 10.0 Å². The summed E-state index contributed by atoms with van der Waals surface area (Å²) in [6.45, 7) is 3.57. The van der Waals surface area contributed by atoms with Crippen LogP contribution in [0.15, 0.2) is 53.0 Å². The Bertz CT molecular complexity index is 1560.